The maximum absolute atomic E-state index is 13.3. The Balaban J connectivity index is 2.69. The van der Waals surface area contributed by atoms with E-state index in [1.165, 1.54) is 13.2 Å². The average molecular weight is 198 g/mol. The third kappa shape index (κ3) is 3.00. The van der Waals surface area contributed by atoms with E-state index in [9.17, 15) is 4.39 Å². The van der Waals surface area contributed by atoms with E-state index in [1.807, 2.05) is 0 Å². The van der Waals surface area contributed by atoms with Crippen LogP contribution in [0.25, 0.3) is 0 Å². The van der Waals surface area contributed by atoms with Gasteiger partial charge in [0.15, 0.2) is 0 Å². The number of rotatable bonds is 4. The van der Waals surface area contributed by atoms with E-state index in [0.717, 1.165) is 0 Å². The van der Waals surface area contributed by atoms with Gasteiger partial charge in [0, 0.05) is 6.07 Å². The van der Waals surface area contributed by atoms with Crippen LogP contribution in [-0.4, -0.2) is 18.3 Å². The second kappa shape index (κ2) is 4.96. The van der Waals surface area contributed by atoms with Crippen molar-refractivity contribution >= 4 is 0 Å². The number of aliphatic hydroxyl groups excluding tert-OH is 1. The molecule has 1 aromatic rings. The summed E-state index contributed by atoms with van der Waals surface area (Å²) in [5, 5.41) is 9.06. The molecule has 3 heteroatoms. The van der Waals surface area contributed by atoms with Gasteiger partial charge in [0.1, 0.15) is 11.6 Å². The van der Waals surface area contributed by atoms with Gasteiger partial charge < -0.3 is 9.84 Å². The molecule has 0 spiro atoms. The summed E-state index contributed by atoms with van der Waals surface area (Å²) in [6.45, 7) is 1.70. The van der Waals surface area contributed by atoms with Crippen LogP contribution in [-0.2, 0) is 6.42 Å². The van der Waals surface area contributed by atoms with Gasteiger partial charge in [-0.25, -0.2) is 4.39 Å². The fourth-order valence-electron chi connectivity index (χ4n) is 1.22. The third-order valence-electron chi connectivity index (χ3n) is 2.09. The zero-order valence-electron chi connectivity index (χ0n) is 8.46. The summed E-state index contributed by atoms with van der Waals surface area (Å²) >= 11 is 0. The van der Waals surface area contributed by atoms with E-state index in [2.05, 4.69) is 0 Å². The van der Waals surface area contributed by atoms with Crippen molar-refractivity contribution in [2.45, 2.75) is 25.9 Å². The van der Waals surface area contributed by atoms with Crippen molar-refractivity contribution in [2.24, 2.45) is 0 Å². The maximum atomic E-state index is 13.3. The van der Waals surface area contributed by atoms with Crippen LogP contribution in [0.5, 0.6) is 5.75 Å². The highest BCUT2D eigenvalue weighted by Gasteiger charge is 2.05. The molecule has 0 heterocycles. The van der Waals surface area contributed by atoms with Crippen LogP contribution < -0.4 is 4.74 Å². The quantitative estimate of drug-likeness (QED) is 0.803. The van der Waals surface area contributed by atoms with Gasteiger partial charge in [-0.15, -0.1) is 0 Å². The smallest absolute Gasteiger partial charge is 0.130 e. The first-order valence-corrected chi connectivity index (χ1v) is 4.64. The number of aliphatic hydroxyl groups is 1. The molecule has 0 bridgehead atoms. The molecule has 78 valence electrons. The highest BCUT2D eigenvalue weighted by atomic mass is 19.1. The molecule has 0 aromatic heterocycles. The zero-order chi connectivity index (χ0) is 10.6. The number of halogens is 1. The van der Waals surface area contributed by atoms with Crippen LogP contribution in [0.3, 0.4) is 0 Å². The standard InChI is InChI=1S/C11H15FO2/c1-8(13)3-4-9-5-6-10(14-2)7-11(9)12/h5-8,13H,3-4H2,1-2H3. The van der Waals surface area contributed by atoms with Crippen LogP contribution >= 0.6 is 0 Å². The van der Waals surface area contributed by atoms with Gasteiger partial charge in [0.2, 0.25) is 0 Å². The lowest BCUT2D eigenvalue weighted by atomic mass is 10.1. The summed E-state index contributed by atoms with van der Waals surface area (Å²) in [5.74, 6) is 0.244. The Morgan fingerprint density at radius 3 is 2.71 bits per heavy atom. The molecule has 1 N–H and O–H groups in total. The van der Waals surface area contributed by atoms with Crippen molar-refractivity contribution in [3.63, 3.8) is 0 Å². The van der Waals surface area contributed by atoms with Gasteiger partial charge in [0.05, 0.1) is 13.2 Å². The van der Waals surface area contributed by atoms with Crippen molar-refractivity contribution in [1.29, 1.82) is 0 Å². The summed E-state index contributed by atoms with van der Waals surface area (Å²) in [4.78, 5) is 0. The van der Waals surface area contributed by atoms with Crippen molar-refractivity contribution in [1.82, 2.24) is 0 Å². The number of methoxy groups -OCH3 is 1. The minimum Gasteiger partial charge on any atom is -0.497 e. The van der Waals surface area contributed by atoms with Crippen LogP contribution in [0, 0.1) is 5.82 Å². The molecule has 0 saturated carbocycles. The molecule has 0 aliphatic rings. The lowest BCUT2D eigenvalue weighted by Gasteiger charge is -2.06. The minimum atomic E-state index is -0.392. The van der Waals surface area contributed by atoms with Crippen LogP contribution in [0.1, 0.15) is 18.9 Å². The second-order valence-corrected chi connectivity index (χ2v) is 3.35. The van der Waals surface area contributed by atoms with Gasteiger partial charge >= 0.3 is 0 Å². The van der Waals surface area contributed by atoms with E-state index in [1.54, 1.807) is 19.1 Å². The average Bonchev–Trinajstić information content (AvgIpc) is 2.15. The van der Waals surface area contributed by atoms with Gasteiger partial charge in [-0.3, -0.25) is 0 Å². The molecular formula is C11H15FO2. The van der Waals surface area contributed by atoms with E-state index in [4.69, 9.17) is 9.84 Å². The first kappa shape index (κ1) is 11.0. The summed E-state index contributed by atoms with van der Waals surface area (Å²) < 4.78 is 18.2. The van der Waals surface area contributed by atoms with E-state index in [-0.39, 0.29) is 5.82 Å². The Kier molecular flexibility index (Phi) is 3.89. The molecule has 0 aliphatic heterocycles. The third-order valence-corrected chi connectivity index (χ3v) is 2.09. The lowest BCUT2D eigenvalue weighted by molar-refractivity contribution is 0.184. The molecule has 1 unspecified atom stereocenters. The molecule has 1 aromatic carbocycles. The highest BCUT2D eigenvalue weighted by Crippen LogP contribution is 2.17. The Bertz CT molecular complexity index is 297. The molecule has 2 nitrogen and oxygen atoms in total. The molecular weight excluding hydrogens is 183 g/mol. The van der Waals surface area contributed by atoms with Gasteiger partial charge in [-0.2, -0.15) is 0 Å². The maximum Gasteiger partial charge on any atom is 0.130 e. The molecule has 1 atom stereocenters. The summed E-state index contributed by atoms with van der Waals surface area (Å²) in [6, 6.07) is 4.77. The Morgan fingerprint density at radius 1 is 1.50 bits per heavy atom. The van der Waals surface area contributed by atoms with Crippen molar-refractivity contribution < 1.29 is 14.2 Å². The van der Waals surface area contributed by atoms with Crippen molar-refractivity contribution in [2.75, 3.05) is 7.11 Å². The second-order valence-electron chi connectivity index (χ2n) is 3.35. The number of aryl methyl sites for hydroxylation is 1. The molecule has 0 radical (unpaired) electrons. The summed E-state index contributed by atoms with van der Waals surface area (Å²) in [5.41, 5.74) is 0.617. The minimum absolute atomic E-state index is 0.273. The predicted octanol–water partition coefficient (Wildman–Crippen LogP) is 2.15. The SMILES string of the molecule is COc1ccc(CCC(C)O)c(F)c1. The van der Waals surface area contributed by atoms with Crippen molar-refractivity contribution in [3.05, 3.63) is 29.6 Å². The topological polar surface area (TPSA) is 29.5 Å². The molecule has 0 fully saturated rings. The molecule has 1 rings (SSSR count). The number of benzene rings is 1. The fourth-order valence-corrected chi connectivity index (χ4v) is 1.22. The highest BCUT2D eigenvalue weighted by molar-refractivity contribution is 5.28. The summed E-state index contributed by atoms with van der Waals surface area (Å²) in [6.07, 6.45) is 0.730. The normalized spacial score (nSPS) is 12.6. The molecule has 0 saturated heterocycles. The molecule has 0 aliphatic carbocycles. The molecule has 14 heavy (non-hydrogen) atoms. The van der Waals surface area contributed by atoms with Gasteiger partial charge in [0.25, 0.3) is 0 Å². The number of hydrogen-bond donors (Lipinski definition) is 1. The van der Waals surface area contributed by atoms with E-state index >= 15 is 0 Å². The predicted molar refractivity (Wildman–Crippen MR) is 53.0 cm³/mol. The fraction of sp³-hybridized carbons (Fsp3) is 0.455. The van der Waals surface area contributed by atoms with Gasteiger partial charge in [-0.1, -0.05) is 6.07 Å². The van der Waals surface area contributed by atoms with Crippen LogP contribution in [0.15, 0.2) is 18.2 Å². The largest absolute Gasteiger partial charge is 0.497 e. The summed E-state index contributed by atoms with van der Waals surface area (Å²) in [7, 11) is 1.50. The van der Waals surface area contributed by atoms with E-state index < -0.39 is 6.10 Å². The zero-order valence-corrected chi connectivity index (χ0v) is 8.46. The molecule has 0 amide bonds. The monoisotopic (exact) mass is 198 g/mol. The Labute approximate surface area is 83.3 Å². The van der Waals surface area contributed by atoms with Crippen LogP contribution in [0.4, 0.5) is 4.39 Å². The first-order valence-electron chi connectivity index (χ1n) is 4.64. The van der Waals surface area contributed by atoms with Crippen molar-refractivity contribution in [3.8, 4) is 5.75 Å². The van der Waals surface area contributed by atoms with Crippen LogP contribution in [0.2, 0.25) is 0 Å². The Hall–Kier alpha value is -1.09. The van der Waals surface area contributed by atoms with E-state index in [0.29, 0.717) is 24.2 Å². The number of hydrogen-bond acceptors (Lipinski definition) is 2. The van der Waals surface area contributed by atoms with Gasteiger partial charge in [-0.05, 0) is 31.4 Å². The Morgan fingerprint density at radius 2 is 2.21 bits per heavy atom. The number of ether oxygens (including phenoxy) is 1. The lowest BCUT2D eigenvalue weighted by Crippen LogP contribution is -2.02. The first-order chi connectivity index (χ1) is 6.63.